The Kier molecular flexibility index (Phi) is 6.89. The second kappa shape index (κ2) is 9.57. The van der Waals surface area contributed by atoms with E-state index >= 15 is 0 Å². The van der Waals surface area contributed by atoms with Crippen molar-refractivity contribution in [3.8, 4) is 11.8 Å². The minimum atomic E-state index is -0.0491. The van der Waals surface area contributed by atoms with Crippen molar-refractivity contribution in [2.24, 2.45) is 0 Å². The molecule has 0 fully saturated rings. The molecule has 1 heterocycles. The molecule has 1 aromatic carbocycles. The van der Waals surface area contributed by atoms with E-state index in [1.165, 1.54) is 16.9 Å². The zero-order valence-corrected chi connectivity index (χ0v) is 16.7. The van der Waals surface area contributed by atoms with Gasteiger partial charge in [-0.05, 0) is 61.8 Å². The molecule has 27 heavy (non-hydrogen) atoms. The molecule has 0 saturated carbocycles. The van der Waals surface area contributed by atoms with E-state index in [0.717, 1.165) is 48.4 Å². The Morgan fingerprint density at radius 1 is 1.26 bits per heavy atom. The number of nitrogens with one attached hydrogen (secondary N) is 1. The smallest absolute Gasteiger partial charge is 0.225 e. The predicted molar refractivity (Wildman–Crippen MR) is 109 cm³/mol. The molecule has 0 saturated heterocycles. The van der Waals surface area contributed by atoms with Gasteiger partial charge < -0.3 is 10.1 Å². The van der Waals surface area contributed by atoms with E-state index in [9.17, 15) is 10.1 Å². The lowest BCUT2D eigenvalue weighted by Crippen LogP contribution is -2.12. The molecule has 1 amide bonds. The number of rotatable bonds is 8. The molecule has 0 aliphatic heterocycles. The second-order valence-electron chi connectivity index (χ2n) is 6.92. The molecule has 3 rings (SSSR count). The highest BCUT2D eigenvalue weighted by Gasteiger charge is 2.21. The average Bonchev–Trinajstić information content (AvgIpc) is 3.03. The van der Waals surface area contributed by atoms with Crippen LogP contribution in [0.5, 0.6) is 5.75 Å². The Balaban J connectivity index is 1.45. The Morgan fingerprint density at radius 3 is 2.78 bits per heavy atom. The van der Waals surface area contributed by atoms with Gasteiger partial charge >= 0.3 is 0 Å². The van der Waals surface area contributed by atoms with Crippen molar-refractivity contribution < 1.29 is 9.53 Å². The fraction of sp³-hybridized carbons (Fsp3) is 0.455. The molecular formula is C22H26N2O2S. The van der Waals surface area contributed by atoms with E-state index < -0.39 is 0 Å². The molecule has 1 aliphatic carbocycles. The van der Waals surface area contributed by atoms with Crippen LogP contribution < -0.4 is 10.1 Å². The van der Waals surface area contributed by atoms with Gasteiger partial charge in [0, 0.05) is 11.3 Å². The number of carbonyl (C=O) groups excluding carboxylic acids is 1. The maximum absolute atomic E-state index is 12.3. The molecule has 1 aromatic heterocycles. The molecule has 0 spiro atoms. The summed E-state index contributed by atoms with van der Waals surface area (Å²) in [7, 11) is 0. The number of anilines is 1. The lowest BCUT2D eigenvalue weighted by Gasteiger charge is -2.09. The van der Waals surface area contributed by atoms with Crippen LogP contribution in [0.2, 0.25) is 0 Å². The van der Waals surface area contributed by atoms with Crippen LogP contribution in [0.3, 0.4) is 0 Å². The maximum Gasteiger partial charge on any atom is 0.225 e. The van der Waals surface area contributed by atoms with Crippen LogP contribution in [0.25, 0.3) is 0 Å². The minimum absolute atomic E-state index is 0.0491. The van der Waals surface area contributed by atoms with E-state index in [-0.39, 0.29) is 5.91 Å². The summed E-state index contributed by atoms with van der Waals surface area (Å²) in [5.41, 5.74) is 3.14. The normalized spacial score (nSPS) is 12.9. The monoisotopic (exact) mass is 382 g/mol. The van der Waals surface area contributed by atoms with Crippen LogP contribution >= 0.6 is 11.3 Å². The van der Waals surface area contributed by atoms with Gasteiger partial charge in [0.1, 0.15) is 16.8 Å². The maximum atomic E-state index is 12.3. The lowest BCUT2D eigenvalue weighted by molar-refractivity contribution is -0.116. The third-order valence-corrected chi connectivity index (χ3v) is 6.02. The minimum Gasteiger partial charge on any atom is -0.494 e. The largest absolute Gasteiger partial charge is 0.494 e. The SMILES string of the molecule is CCCc1ccc(OCCCC(=O)Nc2sc3c(c2C#N)CCCC3)cc1. The van der Waals surface area contributed by atoms with Crippen LogP contribution in [0.4, 0.5) is 5.00 Å². The highest BCUT2D eigenvalue weighted by Crippen LogP contribution is 2.37. The summed E-state index contributed by atoms with van der Waals surface area (Å²) in [6, 6.07) is 10.4. The number of nitriles is 1. The van der Waals surface area contributed by atoms with Crippen molar-refractivity contribution in [2.45, 2.75) is 58.3 Å². The molecule has 2 aromatic rings. The Morgan fingerprint density at radius 2 is 2.04 bits per heavy atom. The van der Waals surface area contributed by atoms with Gasteiger partial charge in [0.2, 0.25) is 5.91 Å². The van der Waals surface area contributed by atoms with Crippen molar-refractivity contribution >= 4 is 22.2 Å². The van der Waals surface area contributed by atoms with Crippen molar-refractivity contribution in [3.63, 3.8) is 0 Å². The Hall–Kier alpha value is -2.32. The molecule has 0 atom stereocenters. The van der Waals surface area contributed by atoms with Gasteiger partial charge in [0.25, 0.3) is 0 Å². The molecule has 1 aliphatic rings. The third kappa shape index (κ3) is 5.11. The van der Waals surface area contributed by atoms with E-state index in [4.69, 9.17) is 4.74 Å². The van der Waals surface area contributed by atoms with Crippen molar-refractivity contribution in [3.05, 3.63) is 45.8 Å². The number of carbonyl (C=O) groups is 1. The standard InChI is InChI=1S/C22H26N2O2S/c1-2-6-16-10-12-17(13-11-16)26-14-5-9-21(25)24-22-19(15-23)18-7-3-4-8-20(18)27-22/h10-13H,2-9,14H2,1H3,(H,24,25). The topological polar surface area (TPSA) is 62.1 Å². The summed E-state index contributed by atoms with van der Waals surface area (Å²) in [4.78, 5) is 13.5. The van der Waals surface area contributed by atoms with Crippen LogP contribution in [-0.4, -0.2) is 12.5 Å². The molecular weight excluding hydrogens is 356 g/mol. The van der Waals surface area contributed by atoms with Crippen molar-refractivity contribution in [1.29, 1.82) is 5.26 Å². The molecule has 0 radical (unpaired) electrons. The number of ether oxygens (including phenoxy) is 1. The van der Waals surface area contributed by atoms with Crippen LogP contribution in [0.1, 0.15) is 60.6 Å². The second-order valence-corrected chi connectivity index (χ2v) is 8.03. The van der Waals surface area contributed by atoms with Gasteiger partial charge in [0.05, 0.1) is 12.2 Å². The number of hydrogen-bond donors (Lipinski definition) is 1. The Bertz CT molecular complexity index is 818. The van der Waals surface area contributed by atoms with Crippen molar-refractivity contribution in [2.75, 3.05) is 11.9 Å². The predicted octanol–water partition coefficient (Wildman–Crippen LogP) is 5.25. The number of aryl methyl sites for hydroxylation is 2. The van der Waals surface area contributed by atoms with Crippen LogP contribution in [0.15, 0.2) is 24.3 Å². The first-order valence-corrected chi connectivity index (χ1v) is 10.6. The van der Waals surface area contributed by atoms with Gasteiger partial charge in [-0.3, -0.25) is 4.79 Å². The molecule has 5 heteroatoms. The number of fused-ring (bicyclic) bond motifs is 1. The van der Waals surface area contributed by atoms with Gasteiger partial charge in [-0.1, -0.05) is 25.5 Å². The summed E-state index contributed by atoms with van der Waals surface area (Å²) in [6.07, 6.45) is 7.53. The summed E-state index contributed by atoms with van der Waals surface area (Å²) in [5.74, 6) is 0.792. The van der Waals surface area contributed by atoms with Gasteiger partial charge in [-0.2, -0.15) is 5.26 Å². The number of benzene rings is 1. The highest BCUT2D eigenvalue weighted by molar-refractivity contribution is 7.16. The number of hydrogen-bond acceptors (Lipinski definition) is 4. The van der Waals surface area contributed by atoms with Gasteiger partial charge in [-0.15, -0.1) is 11.3 Å². The fourth-order valence-electron chi connectivity index (χ4n) is 3.43. The third-order valence-electron chi connectivity index (χ3n) is 4.81. The molecule has 142 valence electrons. The van der Waals surface area contributed by atoms with E-state index in [1.54, 1.807) is 11.3 Å². The summed E-state index contributed by atoms with van der Waals surface area (Å²) < 4.78 is 5.72. The first-order chi connectivity index (χ1) is 13.2. The number of nitrogens with zero attached hydrogens (tertiary/aromatic N) is 1. The van der Waals surface area contributed by atoms with Crippen LogP contribution in [0, 0.1) is 11.3 Å². The lowest BCUT2D eigenvalue weighted by atomic mass is 9.96. The summed E-state index contributed by atoms with van der Waals surface area (Å²) >= 11 is 1.57. The van der Waals surface area contributed by atoms with E-state index in [2.05, 4.69) is 30.4 Å². The zero-order valence-electron chi connectivity index (χ0n) is 15.8. The quantitative estimate of drug-likeness (QED) is 0.634. The summed E-state index contributed by atoms with van der Waals surface area (Å²) in [6.45, 7) is 2.67. The fourth-order valence-corrected chi connectivity index (χ4v) is 4.68. The van der Waals surface area contributed by atoms with Gasteiger partial charge in [0.15, 0.2) is 0 Å². The number of thiophene rings is 1. The zero-order chi connectivity index (χ0) is 19.1. The molecule has 0 bridgehead atoms. The molecule has 4 nitrogen and oxygen atoms in total. The average molecular weight is 383 g/mol. The Labute approximate surface area is 165 Å². The van der Waals surface area contributed by atoms with Crippen molar-refractivity contribution in [1.82, 2.24) is 0 Å². The first-order valence-electron chi connectivity index (χ1n) is 9.77. The number of amides is 1. The summed E-state index contributed by atoms with van der Waals surface area (Å²) in [5, 5.41) is 13.1. The van der Waals surface area contributed by atoms with E-state index in [0.29, 0.717) is 25.0 Å². The van der Waals surface area contributed by atoms with Crippen LogP contribution in [-0.2, 0) is 24.1 Å². The first kappa shape index (κ1) is 19.4. The molecule has 1 N–H and O–H groups in total. The van der Waals surface area contributed by atoms with Gasteiger partial charge in [-0.25, -0.2) is 0 Å². The van der Waals surface area contributed by atoms with E-state index in [1.807, 2.05) is 12.1 Å². The molecule has 0 unspecified atom stereocenters. The highest BCUT2D eigenvalue weighted by atomic mass is 32.1.